The Balaban J connectivity index is 3.78. The summed E-state index contributed by atoms with van der Waals surface area (Å²) in [5.41, 5.74) is 15.8. The summed E-state index contributed by atoms with van der Waals surface area (Å²) in [6.07, 6.45) is 0. The van der Waals surface area contributed by atoms with Crippen LogP contribution in [-0.4, -0.2) is 43.8 Å². The Kier molecular flexibility index (Phi) is 8.83. The van der Waals surface area contributed by atoms with Crippen LogP contribution in [0.15, 0.2) is 12.1 Å². The van der Waals surface area contributed by atoms with Crippen LogP contribution in [0.2, 0.25) is 0 Å². The highest BCUT2D eigenvalue weighted by atomic mass is 31.1. The molecule has 1 rings (SSSR count). The van der Waals surface area contributed by atoms with Gasteiger partial charge in [-0.2, -0.15) is 0 Å². The van der Waals surface area contributed by atoms with Crippen LogP contribution in [0.1, 0.15) is 77.6 Å². The maximum atomic E-state index is 10.3. The van der Waals surface area contributed by atoms with Crippen LogP contribution in [-0.2, 0) is 0 Å². The lowest BCUT2D eigenvalue weighted by Gasteiger charge is -2.37. The van der Waals surface area contributed by atoms with E-state index in [4.69, 9.17) is 0 Å². The molecule has 0 fully saturated rings. The average molecular weight is 392 g/mol. The van der Waals surface area contributed by atoms with Crippen molar-refractivity contribution in [2.75, 3.05) is 0 Å². The fourth-order valence-corrected chi connectivity index (χ4v) is 7.73. The van der Waals surface area contributed by atoms with Crippen molar-refractivity contribution in [3.8, 4) is 0 Å². The minimum absolute atomic E-state index is 0.363. The first-order valence-electron chi connectivity index (χ1n) is 10.2. The molecule has 0 heterocycles. The Morgan fingerprint density at radius 2 is 1.11 bits per heavy atom. The quantitative estimate of drug-likeness (QED) is 0.241. The molecule has 4 nitrogen and oxygen atoms in total. The largest absolute Gasteiger partial charge is 0.457 e. The smallest absolute Gasteiger partial charge is 0.356 e. The maximum Gasteiger partial charge on any atom is 0.457 e. The SMILES string of the molecule is Cc1cc(C)c(C(=[N+]=[N-])[PH+](N(C(C)C)C(C)C)N(C(C)C)C(C)C)c(C)c1. The van der Waals surface area contributed by atoms with Crippen LogP contribution in [0.3, 0.4) is 0 Å². The minimum atomic E-state index is -1.45. The zero-order valence-electron chi connectivity index (χ0n) is 19.3. The van der Waals surface area contributed by atoms with Gasteiger partial charge in [0.05, 0.1) is 0 Å². The third-order valence-electron chi connectivity index (χ3n) is 4.94. The molecular formula is C22H40N4P+. The molecule has 0 spiro atoms. The zero-order valence-corrected chi connectivity index (χ0v) is 20.3. The molecule has 0 aromatic heterocycles. The summed E-state index contributed by atoms with van der Waals surface area (Å²) in [6.45, 7) is 24.3. The van der Waals surface area contributed by atoms with Crippen molar-refractivity contribution in [1.29, 1.82) is 0 Å². The Bertz CT molecular complexity index is 629. The molecule has 0 unspecified atom stereocenters. The highest BCUT2D eigenvalue weighted by molar-refractivity contribution is 7.71. The van der Waals surface area contributed by atoms with Gasteiger partial charge in [0.15, 0.2) is 0 Å². The third kappa shape index (κ3) is 5.48. The lowest BCUT2D eigenvalue weighted by atomic mass is 10.0. The molecule has 1 aromatic carbocycles. The van der Waals surface area contributed by atoms with Crippen molar-refractivity contribution in [3.05, 3.63) is 39.9 Å². The summed E-state index contributed by atoms with van der Waals surface area (Å²) in [5, 5.41) is 0. The Labute approximate surface area is 168 Å². The normalized spacial score (nSPS) is 12.4. The molecule has 0 atom stereocenters. The van der Waals surface area contributed by atoms with Crippen molar-refractivity contribution < 1.29 is 4.79 Å². The lowest BCUT2D eigenvalue weighted by Crippen LogP contribution is -2.45. The Hall–Kier alpha value is -1.05. The fraction of sp³-hybridized carbons (Fsp3) is 0.682. The van der Waals surface area contributed by atoms with E-state index in [9.17, 15) is 5.53 Å². The molecule has 0 aliphatic rings. The van der Waals surface area contributed by atoms with E-state index >= 15 is 0 Å². The second-order valence-electron chi connectivity index (χ2n) is 8.74. The predicted octanol–water partition coefficient (Wildman–Crippen LogP) is 5.87. The van der Waals surface area contributed by atoms with Crippen LogP contribution in [0, 0.1) is 20.8 Å². The van der Waals surface area contributed by atoms with E-state index in [0.717, 1.165) is 11.0 Å². The number of aryl methyl sites for hydroxylation is 3. The molecular weight excluding hydrogens is 351 g/mol. The van der Waals surface area contributed by atoms with Crippen molar-refractivity contribution in [2.45, 2.75) is 100 Å². The molecule has 0 saturated heterocycles. The number of nitrogens with zero attached hydrogens (tertiary/aromatic N) is 4. The van der Waals surface area contributed by atoms with Crippen molar-refractivity contribution in [1.82, 2.24) is 9.34 Å². The molecule has 0 radical (unpaired) electrons. The third-order valence-corrected chi connectivity index (χ3v) is 8.76. The number of rotatable bonds is 8. The molecule has 5 heteroatoms. The monoisotopic (exact) mass is 391 g/mol. The molecule has 152 valence electrons. The van der Waals surface area contributed by atoms with Gasteiger partial charge in [-0.05, 0) is 87.3 Å². The molecule has 1 aromatic rings. The first-order chi connectivity index (χ1) is 12.4. The Morgan fingerprint density at radius 3 is 1.37 bits per heavy atom. The van der Waals surface area contributed by atoms with Gasteiger partial charge in [-0.1, -0.05) is 17.7 Å². The van der Waals surface area contributed by atoms with Gasteiger partial charge in [0.1, 0.15) is 5.56 Å². The second-order valence-corrected chi connectivity index (χ2v) is 10.9. The lowest BCUT2D eigenvalue weighted by molar-refractivity contribution is -0.000580. The summed E-state index contributed by atoms with van der Waals surface area (Å²) < 4.78 is 5.11. The molecule has 0 amide bonds. The minimum Gasteiger partial charge on any atom is -0.356 e. The molecule has 0 aliphatic heterocycles. The van der Waals surface area contributed by atoms with Crippen molar-refractivity contribution >= 4 is 13.7 Å². The maximum absolute atomic E-state index is 10.3. The second kappa shape index (κ2) is 9.94. The van der Waals surface area contributed by atoms with Gasteiger partial charge >= 0.3 is 5.45 Å². The zero-order chi connectivity index (χ0) is 21.0. The van der Waals surface area contributed by atoms with Gasteiger partial charge in [0.2, 0.25) is 0 Å². The van der Waals surface area contributed by atoms with Crippen LogP contribution in [0.4, 0.5) is 0 Å². The van der Waals surface area contributed by atoms with Gasteiger partial charge in [0.25, 0.3) is 8.22 Å². The van der Waals surface area contributed by atoms with Crippen molar-refractivity contribution in [2.24, 2.45) is 0 Å². The van der Waals surface area contributed by atoms with Gasteiger partial charge in [-0.15, -0.1) is 14.1 Å². The fourth-order valence-electron chi connectivity index (χ4n) is 4.31. The van der Waals surface area contributed by atoms with Gasteiger partial charge in [-0.3, -0.25) is 0 Å². The van der Waals surface area contributed by atoms with E-state index in [-0.39, 0.29) is 0 Å². The molecule has 0 N–H and O–H groups in total. The number of hydrogen-bond donors (Lipinski definition) is 0. The molecule has 27 heavy (non-hydrogen) atoms. The van der Waals surface area contributed by atoms with E-state index < -0.39 is 8.22 Å². The standard InChI is InChI=1S/C22H39N4P/c1-14(2)25(15(3)4)27(26(16(5)6)17(7)8)22(24-23)21-19(10)12-18(9)13-20(21)11/h12-17H,1-11H3/p+1. The van der Waals surface area contributed by atoms with Gasteiger partial charge in [-0.25, -0.2) is 0 Å². The van der Waals surface area contributed by atoms with E-state index in [1.54, 1.807) is 0 Å². The number of hydrogen-bond acceptors (Lipinski definition) is 2. The predicted molar refractivity (Wildman–Crippen MR) is 121 cm³/mol. The summed E-state index contributed by atoms with van der Waals surface area (Å²) >= 11 is 0. The topological polar surface area (TPSA) is 42.9 Å². The Morgan fingerprint density at radius 1 is 0.778 bits per heavy atom. The van der Waals surface area contributed by atoms with E-state index in [0.29, 0.717) is 24.2 Å². The van der Waals surface area contributed by atoms with Gasteiger partial charge < -0.3 is 5.53 Å². The van der Waals surface area contributed by atoms with Crippen LogP contribution < -0.4 is 0 Å². The highest BCUT2D eigenvalue weighted by Gasteiger charge is 2.50. The summed E-state index contributed by atoms with van der Waals surface area (Å²) in [5.74, 6) is 0. The summed E-state index contributed by atoms with van der Waals surface area (Å²) in [7, 11) is -1.45. The molecule has 0 bridgehead atoms. The summed E-state index contributed by atoms with van der Waals surface area (Å²) in [6, 6.07) is 5.83. The van der Waals surface area contributed by atoms with Crippen LogP contribution >= 0.6 is 8.22 Å². The van der Waals surface area contributed by atoms with Crippen LogP contribution in [0.5, 0.6) is 0 Å². The van der Waals surface area contributed by atoms with E-state index in [2.05, 4.69) is 102 Å². The molecule has 0 saturated carbocycles. The van der Waals surface area contributed by atoms with E-state index in [1.165, 1.54) is 16.7 Å². The van der Waals surface area contributed by atoms with E-state index in [1.807, 2.05) is 0 Å². The highest BCUT2D eigenvalue weighted by Crippen LogP contribution is 2.52. The number of benzene rings is 1. The first kappa shape index (κ1) is 24.0. The van der Waals surface area contributed by atoms with Crippen LogP contribution in [0.25, 0.3) is 5.53 Å². The summed E-state index contributed by atoms with van der Waals surface area (Å²) in [4.78, 5) is 3.96. The molecule has 0 aliphatic carbocycles. The average Bonchev–Trinajstić information content (AvgIpc) is 2.48. The van der Waals surface area contributed by atoms with Crippen molar-refractivity contribution in [3.63, 3.8) is 0 Å². The first-order valence-corrected chi connectivity index (χ1v) is 11.6. The van der Waals surface area contributed by atoms with Gasteiger partial charge in [0, 0.05) is 24.2 Å².